The smallest absolute Gasteiger partial charge is 0.265 e. The van der Waals surface area contributed by atoms with E-state index in [9.17, 15) is 4.79 Å². The van der Waals surface area contributed by atoms with E-state index >= 15 is 0 Å². The zero-order valence-corrected chi connectivity index (χ0v) is 14.7. The molecule has 0 saturated carbocycles. The number of ether oxygens (including phenoxy) is 3. The molecule has 1 atom stereocenters. The van der Waals surface area contributed by atoms with Gasteiger partial charge in [-0.25, -0.2) is 0 Å². The van der Waals surface area contributed by atoms with Crippen LogP contribution in [0.1, 0.15) is 6.92 Å². The lowest BCUT2D eigenvalue weighted by molar-refractivity contribution is -0.122. The molecule has 2 aromatic carbocycles. The summed E-state index contributed by atoms with van der Waals surface area (Å²) in [6.45, 7) is 1.69. The molecule has 0 aliphatic rings. The van der Waals surface area contributed by atoms with E-state index in [0.29, 0.717) is 22.9 Å². The maximum atomic E-state index is 12.2. The second kappa shape index (κ2) is 7.87. The number of nitrogens with one attached hydrogen (secondary N) is 1. The maximum absolute atomic E-state index is 12.2. The molecule has 6 heteroatoms. The van der Waals surface area contributed by atoms with Crippen LogP contribution in [0.2, 0.25) is 0 Å². The van der Waals surface area contributed by atoms with Gasteiger partial charge in [-0.15, -0.1) is 0 Å². The lowest BCUT2D eigenvalue weighted by atomic mass is 10.2. The van der Waals surface area contributed by atoms with Crippen LogP contribution in [0.3, 0.4) is 0 Å². The fourth-order valence-electron chi connectivity index (χ4n) is 1.93. The van der Waals surface area contributed by atoms with Crippen molar-refractivity contribution in [2.75, 3.05) is 19.5 Å². The number of hydrogen-bond donors (Lipinski definition) is 1. The molecule has 0 aliphatic carbocycles. The van der Waals surface area contributed by atoms with Crippen LogP contribution >= 0.6 is 15.9 Å². The molecule has 0 radical (unpaired) electrons. The summed E-state index contributed by atoms with van der Waals surface area (Å²) in [6.07, 6.45) is -0.635. The highest BCUT2D eigenvalue weighted by Crippen LogP contribution is 2.29. The highest BCUT2D eigenvalue weighted by molar-refractivity contribution is 9.10. The Hall–Kier alpha value is -2.21. The first-order valence-electron chi connectivity index (χ1n) is 6.98. The monoisotopic (exact) mass is 379 g/mol. The zero-order valence-electron chi connectivity index (χ0n) is 13.1. The lowest BCUT2D eigenvalue weighted by Crippen LogP contribution is -2.30. The van der Waals surface area contributed by atoms with E-state index in [1.54, 1.807) is 51.5 Å². The van der Waals surface area contributed by atoms with Crippen LogP contribution in [0.15, 0.2) is 46.9 Å². The van der Waals surface area contributed by atoms with Gasteiger partial charge in [0.1, 0.15) is 5.75 Å². The zero-order chi connectivity index (χ0) is 16.8. The average molecular weight is 380 g/mol. The Kier molecular flexibility index (Phi) is 5.87. The fourth-order valence-corrected chi connectivity index (χ4v) is 2.19. The molecule has 122 valence electrons. The average Bonchev–Trinajstić information content (AvgIpc) is 2.56. The van der Waals surface area contributed by atoms with Crippen molar-refractivity contribution >= 4 is 27.5 Å². The lowest BCUT2D eigenvalue weighted by Gasteiger charge is -2.15. The Balaban J connectivity index is 2.01. The summed E-state index contributed by atoms with van der Waals surface area (Å²) in [6, 6.07) is 12.5. The summed E-state index contributed by atoms with van der Waals surface area (Å²) in [4.78, 5) is 12.2. The summed E-state index contributed by atoms with van der Waals surface area (Å²) in [7, 11) is 3.10. The number of halogens is 1. The second-order valence-electron chi connectivity index (χ2n) is 4.77. The SMILES string of the molecule is COc1ccc(NC(=O)[C@H](C)Oc2ccc(Br)cc2)cc1OC. The highest BCUT2D eigenvalue weighted by Gasteiger charge is 2.16. The number of rotatable bonds is 6. The minimum atomic E-state index is -0.635. The molecule has 1 amide bonds. The Bertz CT molecular complexity index is 673. The number of methoxy groups -OCH3 is 2. The van der Waals surface area contributed by atoms with Gasteiger partial charge in [0.2, 0.25) is 0 Å². The van der Waals surface area contributed by atoms with E-state index < -0.39 is 6.10 Å². The van der Waals surface area contributed by atoms with Crippen LogP contribution in [-0.2, 0) is 4.79 Å². The summed E-state index contributed by atoms with van der Waals surface area (Å²) >= 11 is 3.35. The van der Waals surface area contributed by atoms with Crippen LogP contribution in [0.5, 0.6) is 17.2 Å². The van der Waals surface area contributed by atoms with E-state index in [-0.39, 0.29) is 5.91 Å². The van der Waals surface area contributed by atoms with E-state index in [4.69, 9.17) is 14.2 Å². The van der Waals surface area contributed by atoms with Gasteiger partial charge in [-0.1, -0.05) is 15.9 Å². The quantitative estimate of drug-likeness (QED) is 0.827. The molecule has 0 aliphatic heterocycles. The second-order valence-corrected chi connectivity index (χ2v) is 5.69. The van der Waals surface area contributed by atoms with Gasteiger partial charge in [0, 0.05) is 16.2 Å². The predicted octanol–water partition coefficient (Wildman–Crippen LogP) is 3.87. The highest BCUT2D eigenvalue weighted by atomic mass is 79.9. The van der Waals surface area contributed by atoms with Crippen LogP contribution < -0.4 is 19.5 Å². The van der Waals surface area contributed by atoms with Gasteiger partial charge in [0.05, 0.1) is 14.2 Å². The molecule has 2 rings (SSSR count). The molecule has 0 spiro atoms. The van der Waals surface area contributed by atoms with Crippen molar-refractivity contribution in [3.8, 4) is 17.2 Å². The number of carbonyl (C=O) groups is 1. The Morgan fingerprint density at radius 1 is 1.04 bits per heavy atom. The maximum Gasteiger partial charge on any atom is 0.265 e. The number of anilines is 1. The molecular formula is C17H18BrNO4. The predicted molar refractivity (Wildman–Crippen MR) is 92.4 cm³/mol. The summed E-state index contributed by atoms with van der Waals surface area (Å²) in [5.74, 6) is 1.53. The van der Waals surface area contributed by atoms with Gasteiger partial charge >= 0.3 is 0 Å². The van der Waals surface area contributed by atoms with E-state index in [2.05, 4.69) is 21.2 Å². The topological polar surface area (TPSA) is 56.8 Å². The molecule has 0 aromatic heterocycles. The first-order valence-corrected chi connectivity index (χ1v) is 7.78. The molecule has 0 unspecified atom stereocenters. The van der Waals surface area contributed by atoms with Crippen molar-refractivity contribution in [1.29, 1.82) is 0 Å². The molecule has 0 saturated heterocycles. The molecule has 23 heavy (non-hydrogen) atoms. The van der Waals surface area contributed by atoms with Crippen LogP contribution in [0, 0.1) is 0 Å². The normalized spacial score (nSPS) is 11.5. The van der Waals surface area contributed by atoms with E-state index in [1.165, 1.54) is 0 Å². The fraction of sp³-hybridized carbons (Fsp3) is 0.235. The molecule has 5 nitrogen and oxygen atoms in total. The third-order valence-corrected chi connectivity index (χ3v) is 3.68. The van der Waals surface area contributed by atoms with Crippen molar-refractivity contribution in [3.05, 3.63) is 46.9 Å². The number of hydrogen-bond acceptors (Lipinski definition) is 4. The third kappa shape index (κ3) is 4.63. The summed E-state index contributed by atoms with van der Waals surface area (Å²) in [5.41, 5.74) is 0.610. The summed E-state index contributed by atoms with van der Waals surface area (Å²) in [5, 5.41) is 2.79. The van der Waals surface area contributed by atoms with E-state index in [1.807, 2.05) is 12.1 Å². The molecule has 0 fully saturated rings. The van der Waals surface area contributed by atoms with Gasteiger partial charge in [-0.05, 0) is 43.3 Å². The van der Waals surface area contributed by atoms with Gasteiger partial charge in [-0.2, -0.15) is 0 Å². The van der Waals surface area contributed by atoms with Gasteiger partial charge < -0.3 is 19.5 Å². The van der Waals surface area contributed by atoms with Crippen molar-refractivity contribution in [2.45, 2.75) is 13.0 Å². The van der Waals surface area contributed by atoms with Crippen molar-refractivity contribution in [1.82, 2.24) is 0 Å². The molecule has 0 heterocycles. The van der Waals surface area contributed by atoms with Crippen molar-refractivity contribution < 1.29 is 19.0 Å². The Morgan fingerprint density at radius 3 is 2.30 bits per heavy atom. The summed E-state index contributed by atoms with van der Waals surface area (Å²) < 4.78 is 16.9. The number of carbonyl (C=O) groups excluding carboxylic acids is 1. The largest absolute Gasteiger partial charge is 0.493 e. The van der Waals surface area contributed by atoms with Gasteiger partial charge in [-0.3, -0.25) is 4.79 Å². The number of benzene rings is 2. The molecular weight excluding hydrogens is 362 g/mol. The standard InChI is InChI=1S/C17H18BrNO4/c1-11(23-14-7-4-12(18)5-8-14)17(20)19-13-6-9-15(21-2)16(10-13)22-3/h4-11H,1-3H3,(H,19,20)/t11-/m0/s1. The first kappa shape index (κ1) is 17.1. The van der Waals surface area contributed by atoms with Crippen LogP contribution in [0.4, 0.5) is 5.69 Å². The van der Waals surface area contributed by atoms with Crippen molar-refractivity contribution in [2.24, 2.45) is 0 Å². The van der Waals surface area contributed by atoms with Crippen LogP contribution in [0.25, 0.3) is 0 Å². The van der Waals surface area contributed by atoms with Gasteiger partial charge in [0.15, 0.2) is 17.6 Å². The van der Waals surface area contributed by atoms with E-state index in [0.717, 1.165) is 4.47 Å². The van der Waals surface area contributed by atoms with Gasteiger partial charge in [0.25, 0.3) is 5.91 Å². The van der Waals surface area contributed by atoms with Crippen LogP contribution in [-0.4, -0.2) is 26.2 Å². The molecule has 1 N–H and O–H groups in total. The van der Waals surface area contributed by atoms with Crippen molar-refractivity contribution in [3.63, 3.8) is 0 Å². The molecule has 2 aromatic rings. The minimum absolute atomic E-state index is 0.250. The molecule has 0 bridgehead atoms. The minimum Gasteiger partial charge on any atom is -0.493 e. The Labute approximate surface area is 143 Å². The third-order valence-electron chi connectivity index (χ3n) is 3.15. The first-order chi connectivity index (χ1) is 11.0. The number of amides is 1. The Morgan fingerprint density at radius 2 is 1.70 bits per heavy atom.